The highest BCUT2D eigenvalue weighted by molar-refractivity contribution is 7.09. The number of nitrogens with zero attached hydrogens (tertiary/aromatic N) is 2. The van der Waals surface area contributed by atoms with Gasteiger partial charge < -0.3 is 14.7 Å². The first-order valence-corrected chi connectivity index (χ1v) is 6.01. The van der Waals surface area contributed by atoms with Crippen LogP contribution in [0.15, 0.2) is 5.38 Å². The summed E-state index contributed by atoms with van der Waals surface area (Å²) >= 11 is 1.37. The topological polar surface area (TPSA) is 79.7 Å². The normalized spacial score (nSPS) is 20.3. The molecule has 6 nitrogen and oxygen atoms in total. The van der Waals surface area contributed by atoms with E-state index >= 15 is 0 Å². The molecule has 1 amide bonds. The van der Waals surface area contributed by atoms with Crippen molar-refractivity contribution in [2.45, 2.75) is 13.0 Å². The first-order valence-electron chi connectivity index (χ1n) is 5.13. The monoisotopic (exact) mass is 256 g/mol. The Morgan fingerprint density at radius 3 is 3.00 bits per heavy atom. The minimum atomic E-state index is -1.05. The Balaban J connectivity index is 2.19. The number of aryl methyl sites for hydroxylation is 1. The second-order valence-corrected chi connectivity index (χ2v) is 4.74. The van der Waals surface area contributed by atoms with Crippen molar-refractivity contribution in [1.29, 1.82) is 0 Å². The fraction of sp³-hybridized carbons (Fsp3) is 0.500. The summed E-state index contributed by atoms with van der Waals surface area (Å²) in [6.07, 6.45) is 0. The van der Waals surface area contributed by atoms with Gasteiger partial charge in [0.15, 0.2) is 6.04 Å². The second kappa shape index (κ2) is 4.80. The largest absolute Gasteiger partial charge is 0.480 e. The minimum absolute atomic E-state index is 0.0319. The van der Waals surface area contributed by atoms with Crippen LogP contribution in [0.1, 0.15) is 15.5 Å². The number of morpholine rings is 1. The molecule has 0 unspecified atom stereocenters. The molecule has 92 valence electrons. The number of aromatic nitrogens is 1. The maximum atomic E-state index is 12.1. The van der Waals surface area contributed by atoms with Gasteiger partial charge in [-0.25, -0.2) is 9.78 Å². The lowest BCUT2D eigenvalue weighted by Crippen LogP contribution is -2.52. The Labute approximate surface area is 102 Å². The van der Waals surface area contributed by atoms with Gasteiger partial charge in [-0.1, -0.05) is 0 Å². The van der Waals surface area contributed by atoms with E-state index in [-0.39, 0.29) is 19.1 Å². The van der Waals surface area contributed by atoms with E-state index in [1.807, 2.05) is 0 Å². The first-order chi connectivity index (χ1) is 8.09. The van der Waals surface area contributed by atoms with E-state index in [0.717, 1.165) is 5.01 Å². The van der Waals surface area contributed by atoms with E-state index in [4.69, 9.17) is 9.84 Å². The number of carboxylic acid groups (broad SMARTS) is 1. The Hall–Kier alpha value is -1.47. The van der Waals surface area contributed by atoms with Crippen molar-refractivity contribution in [2.75, 3.05) is 19.8 Å². The van der Waals surface area contributed by atoms with Crippen LogP contribution in [0, 0.1) is 6.92 Å². The maximum absolute atomic E-state index is 12.1. The number of carbonyl (C=O) groups is 2. The number of amides is 1. The van der Waals surface area contributed by atoms with Gasteiger partial charge in [-0.2, -0.15) is 0 Å². The summed E-state index contributed by atoms with van der Waals surface area (Å²) in [4.78, 5) is 28.5. The van der Waals surface area contributed by atoms with Crippen molar-refractivity contribution in [1.82, 2.24) is 9.88 Å². The van der Waals surface area contributed by atoms with E-state index < -0.39 is 12.0 Å². The molecular weight excluding hydrogens is 244 g/mol. The summed E-state index contributed by atoms with van der Waals surface area (Å²) in [5.74, 6) is -1.39. The molecular formula is C10H12N2O4S. The molecule has 1 saturated heterocycles. The van der Waals surface area contributed by atoms with Gasteiger partial charge >= 0.3 is 5.97 Å². The van der Waals surface area contributed by atoms with Gasteiger partial charge in [0, 0.05) is 11.9 Å². The molecule has 0 aliphatic carbocycles. The highest BCUT2D eigenvalue weighted by Gasteiger charge is 2.33. The van der Waals surface area contributed by atoms with Crippen molar-refractivity contribution in [3.05, 3.63) is 16.1 Å². The van der Waals surface area contributed by atoms with Crippen molar-refractivity contribution in [3.8, 4) is 0 Å². The van der Waals surface area contributed by atoms with Gasteiger partial charge in [-0.15, -0.1) is 11.3 Å². The third-order valence-corrected chi connectivity index (χ3v) is 3.29. The number of hydrogen-bond acceptors (Lipinski definition) is 5. The summed E-state index contributed by atoms with van der Waals surface area (Å²) in [5, 5.41) is 11.4. The average molecular weight is 256 g/mol. The van der Waals surface area contributed by atoms with Crippen LogP contribution in [0.4, 0.5) is 0 Å². The molecule has 1 aliphatic heterocycles. The van der Waals surface area contributed by atoms with Crippen molar-refractivity contribution >= 4 is 23.2 Å². The Bertz CT molecular complexity index is 445. The zero-order valence-corrected chi connectivity index (χ0v) is 10.1. The molecule has 1 N–H and O–H groups in total. The van der Waals surface area contributed by atoms with Crippen molar-refractivity contribution in [2.24, 2.45) is 0 Å². The molecule has 2 rings (SSSR count). The van der Waals surface area contributed by atoms with Crippen molar-refractivity contribution in [3.63, 3.8) is 0 Å². The summed E-state index contributed by atoms with van der Waals surface area (Å²) < 4.78 is 5.07. The van der Waals surface area contributed by atoms with Crippen LogP contribution in [0.5, 0.6) is 0 Å². The maximum Gasteiger partial charge on any atom is 0.328 e. The van der Waals surface area contributed by atoms with E-state index in [1.54, 1.807) is 12.3 Å². The fourth-order valence-corrected chi connectivity index (χ4v) is 2.25. The molecule has 0 spiro atoms. The molecule has 0 radical (unpaired) electrons. The Kier molecular flexibility index (Phi) is 3.39. The van der Waals surface area contributed by atoms with Crippen LogP contribution >= 0.6 is 11.3 Å². The quantitative estimate of drug-likeness (QED) is 0.827. The number of thiazole rings is 1. The molecule has 0 bridgehead atoms. The van der Waals surface area contributed by atoms with Crippen LogP contribution in [0.25, 0.3) is 0 Å². The zero-order chi connectivity index (χ0) is 12.4. The minimum Gasteiger partial charge on any atom is -0.480 e. The fourth-order valence-electron chi connectivity index (χ4n) is 1.66. The highest BCUT2D eigenvalue weighted by atomic mass is 32.1. The predicted molar refractivity (Wildman–Crippen MR) is 60.1 cm³/mol. The lowest BCUT2D eigenvalue weighted by atomic mass is 10.2. The number of carboxylic acids is 1. The van der Waals surface area contributed by atoms with E-state index in [9.17, 15) is 9.59 Å². The van der Waals surface area contributed by atoms with Gasteiger partial charge in [0.1, 0.15) is 5.69 Å². The zero-order valence-electron chi connectivity index (χ0n) is 9.25. The first kappa shape index (κ1) is 12.0. The molecule has 1 fully saturated rings. The standard InChI is InChI=1S/C10H12N2O4S/c1-6-11-7(5-17-6)9(13)12-2-3-16-4-8(12)10(14)15/h5,8H,2-4H2,1H3,(H,14,15)/t8-/m1/s1. The van der Waals surface area contributed by atoms with Crippen LogP contribution in [-0.2, 0) is 9.53 Å². The summed E-state index contributed by atoms with van der Waals surface area (Å²) in [6, 6.07) is -0.918. The number of hydrogen-bond donors (Lipinski definition) is 1. The predicted octanol–water partition coefficient (Wildman–Crippen LogP) is 0.377. The van der Waals surface area contributed by atoms with Crippen LogP contribution in [0.3, 0.4) is 0 Å². The van der Waals surface area contributed by atoms with Crippen LogP contribution in [0.2, 0.25) is 0 Å². The van der Waals surface area contributed by atoms with E-state index in [2.05, 4.69) is 4.98 Å². The number of ether oxygens (including phenoxy) is 1. The Morgan fingerprint density at radius 1 is 1.65 bits per heavy atom. The van der Waals surface area contributed by atoms with E-state index in [0.29, 0.717) is 12.3 Å². The molecule has 2 heterocycles. The average Bonchev–Trinajstić information content (AvgIpc) is 2.75. The SMILES string of the molecule is Cc1nc(C(=O)N2CCOC[C@@H]2C(=O)O)cs1. The molecule has 1 aromatic rings. The molecule has 17 heavy (non-hydrogen) atoms. The molecule has 1 atom stereocenters. The van der Waals surface area contributed by atoms with Gasteiger partial charge in [-0.05, 0) is 6.92 Å². The molecule has 7 heteroatoms. The van der Waals surface area contributed by atoms with Crippen LogP contribution < -0.4 is 0 Å². The summed E-state index contributed by atoms with van der Waals surface area (Å²) in [5.41, 5.74) is 0.306. The van der Waals surface area contributed by atoms with Gasteiger partial charge in [-0.3, -0.25) is 4.79 Å². The van der Waals surface area contributed by atoms with Gasteiger partial charge in [0.2, 0.25) is 0 Å². The van der Waals surface area contributed by atoms with Gasteiger partial charge in [0.05, 0.1) is 18.2 Å². The summed E-state index contributed by atoms with van der Waals surface area (Å²) in [6.45, 7) is 2.48. The molecule has 0 aromatic carbocycles. The summed E-state index contributed by atoms with van der Waals surface area (Å²) in [7, 11) is 0. The molecule has 1 aromatic heterocycles. The van der Waals surface area contributed by atoms with Gasteiger partial charge in [0.25, 0.3) is 5.91 Å². The molecule has 0 saturated carbocycles. The third-order valence-electron chi connectivity index (χ3n) is 2.51. The number of aliphatic carboxylic acids is 1. The number of carbonyl (C=O) groups excluding carboxylic acids is 1. The van der Waals surface area contributed by atoms with Crippen LogP contribution in [-0.4, -0.2) is 52.7 Å². The lowest BCUT2D eigenvalue weighted by molar-refractivity contribution is -0.147. The van der Waals surface area contributed by atoms with E-state index in [1.165, 1.54) is 16.2 Å². The second-order valence-electron chi connectivity index (χ2n) is 3.68. The Morgan fingerprint density at radius 2 is 2.41 bits per heavy atom. The highest BCUT2D eigenvalue weighted by Crippen LogP contribution is 2.15. The number of rotatable bonds is 2. The third kappa shape index (κ3) is 2.45. The van der Waals surface area contributed by atoms with Crippen molar-refractivity contribution < 1.29 is 19.4 Å². The smallest absolute Gasteiger partial charge is 0.328 e. The lowest BCUT2D eigenvalue weighted by Gasteiger charge is -2.32. The molecule has 1 aliphatic rings.